The van der Waals surface area contributed by atoms with Crippen molar-refractivity contribution in [2.75, 3.05) is 6.54 Å². The Balaban J connectivity index is 2.90. The molecular weight excluding hydrogens is 420 g/mol. The summed E-state index contributed by atoms with van der Waals surface area (Å²) in [4.78, 5) is 70.0. The van der Waals surface area contributed by atoms with Crippen molar-refractivity contribution in [1.82, 2.24) is 21.3 Å². The molecule has 8 N–H and O–H groups in total. The van der Waals surface area contributed by atoms with Crippen LogP contribution in [0.5, 0.6) is 0 Å². The molecule has 1 aliphatic heterocycles. The molecule has 1 aliphatic rings. The van der Waals surface area contributed by atoms with E-state index in [1.165, 1.54) is 6.92 Å². The van der Waals surface area contributed by atoms with Crippen LogP contribution in [0.1, 0.15) is 32.6 Å². The number of amides is 3. The minimum absolute atomic E-state index is 0.518. The second-order valence-electron chi connectivity index (χ2n) is 7.03. The van der Waals surface area contributed by atoms with Crippen molar-refractivity contribution >= 4 is 35.6 Å². The van der Waals surface area contributed by atoms with Crippen molar-refractivity contribution in [3.05, 3.63) is 0 Å². The van der Waals surface area contributed by atoms with Gasteiger partial charge in [-0.2, -0.15) is 0 Å². The van der Waals surface area contributed by atoms with Gasteiger partial charge < -0.3 is 41.7 Å². The van der Waals surface area contributed by atoms with E-state index in [0.29, 0.717) is 13.0 Å². The van der Waals surface area contributed by atoms with Crippen LogP contribution < -0.4 is 21.3 Å². The molecule has 0 spiro atoms. The lowest BCUT2D eigenvalue weighted by molar-refractivity contribution is -0.148. The molecule has 1 fully saturated rings. The number of aliphatic carboxylic acids is 3. The smallest absolute Gasteiger partial charge is 0.326 e. The Bertz CT molecular complexity index is 720. The highest BCUT2D eigenvalue weighted by Crippen LogP contribution is 2.06. The molecule has 0 bridgehead atoms. The van der Waals surface area contributed by atoms with Crippen molar-refractivity contribution in [3.63, 3.8) is 0 Å². The number of hydrogen-bond acceptors (Lipinski definition) is 8. The van der Waals surface area contributed by atoms with Gasteiger partial charge in [-0.05, 0) is 26.3 Å². The number of aliphatic hydroxyl groups excluding tert-OH is 1. The number of rotatable bonds is 12. The molecule has 31 heavy (non-hydrogen) atoms. The largest absolute Gasteiger partial charge is 0.481 e. The van der Waals surface area contributed by atoms with Gasteiger partial charge in [0.05, 0.1) is 25.0 Å². The molecule has 0 aliphatic carbocycles. The first-order chi connectivity index (χ1) is 14.4. The summed E-state index contributed by atoms with van der Waals surface area (Å²) in [6.45, 7) is 1.80. The topological polar surface area (TPSA) is 231 Å². The number of aliphatic hydroxyl groups is 1. The van der Waals surface area contributed by atoms with Gasteiger partial charge in [0, 0.05) is 0 Å². The lowest BCUT2D eigenvalue weighted by Crippen LogP contribution is -2.60. The number of nitrogens with one attached hydrogen (secondary N) is 4. The quantitative estimate of drug-likeness (QED) is 0.147. The Hall–Kier alpha value is -3.26. The van der Waals surface area contributed by atoms with E-state index >= 15 is 0 Å². The Morgan fingerprint density at radius 3 is 1.90 bits per heavy atom. The van der Waals surface area contributed by atoms with Crippen LogP contribution >= 0.6 is 0 Å². The van der Waals surface area contributed by atoms with Gasteiger partial charge in [0.1, 0.15) is 18.1 Å². The highest BCUT2D eigenvalue weighted by atomic mass is 16.4. The molecule has 14 heteroatoms. The second-order valence-corrected chi connectivity index (χ2v) is 7.03. The summed E-state index contributed by atoms with van der Waals surface area (Å²) in [5.41, 5.74) is 0. The molecule has 0 aromatic carbocycles. The summed E-state index contributed by atoms with van der Waals surface area (Å²) < 4.78 is 0. The minimum Gasteiger partial charge on any atom is -0.481 e. The van der Waals surface area contributed by atoms with Crippen molar-refractivity contribution < 1.29 is 49.2 Å². The molecule has 5 unspecified atom stereocenters. The van der Waals surface area contributed by atoms with Crippen LogP contribution in [0.4, 0.5) is 0 Å². The number of carboxylic acid groups (broad SMARTS) is 3. The van der Waals surface area contributed by atoms with Gasteiger partial charge >= 0.3 is 17.9 Å². The zero-order valence-electron chi connectivity index (χ0n) is 16.7. The van der Waals surface area contributed by atoms with Crippen molar-refractivity contribution in [3.8, 4) is 0 Å². The van der Waals surface area contributed by atoms with Crippen molar-refractivity contribution in [2.45, 2.75) is 62.9 Å². The summed E-state index contributed by atoms with van der Waals surface area (Å²) in [7, 11) is 0. The molecule has 0 aromatic rings. The van der Waals surface area contributed by atoms with Crippen LogP contribution in [0.3, 0.4) is 0 Å². The summed E-state index contributed by atoms with van der Waals surface area (Å²) >= 11 is 0. The molecular formula is C17H26N4O10. The highest BCUT2D eigenvalue weighted by Gasteiger charge is 2.34. The summed E-state index contributed by atoms with van der Waals surface area (Å²) in [5, 5.41) is 45.8. The van der Waals surface area contributed by atoms with Gasteiger partial charge in [-0.15, -0.1) is 0 Å². The highest BCUT2D eigenvalue weighted by molar-refractivity contribution is 5.96. The first kappa shape index (κ1) is 25.8. The zero-order valence-corrected chi connectivity index (χ0v) is 16.7. The number of carboxylic acids is 3. The Morgan fingerprint density at radius 1 is 0.903 bits per heavy atom. The van der Waals surface area contributed by atoms with Gasteiger partial charge in [0.15, 0.2) is 0 Å². The maximum atomic E-state index is 12.5. The van der Waals surface area contributed by atoms with Crippen molar-refractivity contribution in [1.29, 1.82) is 0 Å². The van der Waals surface area contributed by atoms with Gasteiger partial charge in [0.2, 0.25) is 17.7 Å². The van der Waals surface area contributed by atoms with Crippen LogP contribution in [0, 0.1) is 0 Å². The lowest BCUT2D eigenvalue weighted by atomic mass is 10.1. The summed E-state index contributed by atoms with van der Waals surface area (Å²) in [5.74, 6) is -7.60. The fourth-order valence-corrected chi connectivity index (χ4v) is 2.86. The first-order valence-electron chi connectivity index (χ1n) is 9.41. The van der Waals surface area contributed by atoms with Crippen LogP contribution in [0.25, 0.3) is 0 Å². The standard InChI is InChI=1S/C17H26N4O10/c1-7(22)13(21-14(27)8-3-2-4-18-8)16(29)19-9(5-11(23)24)15(28)20-10(17(30)31)6-12(25)26/h7-10,13,18,22H,2-6H2,1H3,(H,19,29)(H,20,28)(H,21,27)(H,23,24)(H,25,26)(H,30,31). The number of hydrogen-bond donors (Lipinski definition) is 8. The summed E-state index contributed by atoms with van der Waals surface area (Å²) in [6.07, 6.45) is -2.08. The maximum absolute atomic E-state index is 12.5. The third-order valence-corrected chi connectivity index (χ3v) is 4.44. The van der Waals surface area contributed by atoms with Crippen LogP contribution in [0.2, 0.25) is 0 Å². The van der Waals surface area contributed by atoms with E-state index in [2.05, 4.69) is 16.0 Å². The lowest BCUT2D eigenvalue weighted by Gasteiger charge is -2.25. The third kappa shape index (κ3) is 8.55. The van der Waals surface area contributed by atoms with Crippen LogP contribution in [-0.2, 0) is 28.8 Å². The molecule has 0 saturated carbocycles. The molecule has 174 valence electrons. The molecule has 0 radical (unpaired) electrons. The monoisotopic (exact) mass is 446 g/mol. The van der Waals surface area contributed by atoms with Crippen molar-refractivity contribution in [2.24, 2.45) is 0 Å². The molecule has 1 saturated heterocycles. The van der Waals surface area contributed by atoms with Crippen LogP contribution in [-0.4, -0.2) is 92.9 Å². The average molecular weight is 446 g/mol. The predicted molar refractivity (Wildman–Crippen MR) is 101 cm³/mol. The van der Waals surface area contributed by atoms with E-state index < -0.39 is 78.7 Å². The van der Waals surface area contributed by atoms with E-state index in [1.807, 2.05) is 5.32 Å². The fourth-order valence-electron chi connectivity index (χ4n) is 2.86. The van der Waals surface area contributed by atoms with E-state index in [9.17, 15) is 33.9 Å². The van der Waals surface area contributed by atoms with Gasteiger partial charge in [-0.1, -0.05) is 0 Å². The minimum atomic E-state index is -1.86. The number of carbonyl (C=O) groups excluding carboxylic acids is 3. The van der Waals surface area contributed by atoms with Crippen LogP contribution in [0.15, 0.2) is 0 Å². The van der Waals surface area contributed by atoms with E-state index in [-0.39, 0.29) is 0 Å². The second kappa shape index (κ2) is 11.8. The Morgan fingerprint density at radius 2 is 1.45 bits per heavy atom. The van der Waals surface area contributed by atoms with E-state index in [1.54, 1.807) is 0 Å². The number of carbonyl (C=O) groups is 6. The summed E-state index contributed by atoms with van der Waals surface area (Å²) in [6, 6.07) is -5.74. The van der Waals surface area contributed by atoms with Gasteiger partial charge in [-0.25, -0.2) is 4.79 Å². The molecule has 1 rings (SSSR count). The predicted octanol–water partition coefficient (Wildman–Crippen LogP) is -3.39. The molecule has 3 amide bonds. The Labute approximate surface area is 176 Å². The average Bonchev–Trinajstić information content (AvgIpc) is 3.18. The normalized spacial score (nSPS) is 19.4. The fraction of sp³-hybridized carbons (Fsp3) is 0.647. The first-order valence-corrected chi connectivity index (χ1v) is 9.41. The van der Waals surface area contributed by atoms with E-state index in [4.69, 9.17) is 15.3 Å². The zero-order chi connectivity index (χ0) is 23.7. The molecule has 0 aromatic heterocycles. The molecule has 14 nitrogen and oxygen atoms in total. The van der Waals surface area contributed by atoms with Gasteiger partial charge in [0.25, 0.3) is 0 Å². The third-order valence-electron chi connectivity index (χ3n) is 4.44. The van der Waals surface area contributed by atoms with Gasteiger partial charge in [-0.3, -0.25) is 24.0 Å². The maximum Gasteiger partial charge on any atom is 0.326 e. The Kier molecular flexibility index (Phi) is 9.82. The molecule has 1 heterocycles. The molecule has 5 atom stereocenters. The van der Waals surface area contributed by atoms with E-state index in [0.717, 1.165) is 6.42 Å². The SMILES string of the molecule is CC(O)C(NC(=O)C1CCCN1)C(=O)NC(CC(=O)O)C(=O)NC(CC(=O)O)C(=O)O.